The van der Waals surface area contributed by atoms with Gasteiger partial charge in [0.25, 0.3) is 0 Å². The summed E-state index contributed by atoms with van der Waals surface area (Å²) in [6.07, 6.45) is 5.99. The lowest BCUT2D eigenvalue weighted by molar-refractivity contribution is -0.134. The molecule has 2 amide bonds. The summed E-state index contributed by atoms with van der Waals surface area (Å²) in [7, 11) is 0. The lowest BCUT2D eigenvalue weighted by atomic mass is 10.0. The lowest BCUT2D eigenvalue weighted by Crippen LogP contribution is -2.46. The zero-order valence-corrected chi connectivity index (χ0v) is 16.4. The van der Waals surface area contributed by atoms with Crippen molar-refractivity contribution in [2.75, 3.05) is 25.0 Å². The number of fused-ring (bicyclic) bond motifs is 1. The van der Waals surface area contributed by atoms with Crippen LogP contribution in [-0.4, -0.2) is 42.4 Å². The molecule has 0 spiro atoms. The number of piperidine rings is 1. The van der Waals surface area contributed by atoms with Gasteiger partial charge in [0.05, 0.1) is 6.42 Å². The van der Waals surface area contributed by atoms with Crippen LogP contribution in [0.2, 0.25) is 0 Å². The molecule has 0 bridgehead atoms. The van der Waals surface area contributed by atoms with Crippen molar-refractivity contribution in [3.05, 3.63) is 29.3 Å². The van der Waals surface area contributed by atoms with Crippen LogP contribution in [0.4, 0.5) is 5.69 Å². The molecular formula is C20H30ClN3O2. The quantitative estimate of drug-likeness (QED) is 0.765. The number of benzene rings is 1. The molecule has 1 fully saturated rings. The van der Waals surface area contributed by atoms with Gasteiger partial charge in [-0.1, -0.05) is 19.1 Å². The van der Waals surface area contributed by atoms with Crippen LogP contribution in [0.3, 0.4) is 0 Å². The minimum Gasteiger partial charge on any atom is -0.340 e. The molecule has 0 unspecified atom stereocenters. The van der Waals surface area contributed by atoms with Crippen molar-refractivity contribution in [3.8, 4) is 0 Å². The van der Waals surface area contributed by atoms with E-state index in [1.165, 1.54) is 5.56 Å². The molecule has 0 saturated carbocycles. The Labute approximate surface area is 162 Å². The van der Waals surface area contributed by atoms with E-state index in [1.807, 2.05) is 6.07 Å². The summed E-state index contributed by atoms with van der Waals surface area (Å²) in [6, 6.07) is 6.56. The van der Waals surface area contributed by atoms with Crippen molar-refractivity contribution in [3.63, 3.8) is 0 Å². The van der Waals surface area contributed by atoms with Crippen molar-refractivity contribution < 1.29 is 9.59 Å². The van der Waals surface area contributed by atoms with Crippen LogP contribution in [0.5, 0.6) is 0 Å². The van der Waals surface area contributed by atoms with Gasteiger partial charge in [-0.15, -0.1) is 12.4 Å². The van der Waals surface area contributed by atoms with E-state index in [2.05, 4.69) is 34.6 Å². The molecule has 6 heteroatoms. The first-order valence-corrected chi connectivity index (χ1v) is 9.59. The maximum absolute atomic E-state index is 12.7. The number of rotatable bonds is 7. The smallest absolute Gasteiger partial charge is 0.228 e. The average molecular weight is 380 g/mol. The van der Waals surface area contributed by atoms with Gasteiger partial charge in [-0.2, -0.15) is 0 Å². The predicted octanol–water partition coefficient (Wildman–Crippen LogP) is 2.92. The zero-order chi connectivity index (χ0) is 17.6. The zero-order valence-electron chi connectivity index (χ0n) is 15.6. The number of hydrogen-bond acceptors (Lipinski definition) is 3. The van der Waals surface area contributed by atoms with Crippen molar-refractivity contribution >= 4 is 29.9 Å². The van der Waals surface area contributed by atoms with E-state index in [1.54, 1.807) is 0 Å². The highest BCUT2D eigenvalue weighted by Gasteiger charge is 2.24. The maximum Gasteiger partial charge on any atom is 0.228 e. The molecular weight excluding hydrogens is 350 g/mol. The van der Waals surface area contributed by atoms with Gasteiger partial charge in [0, 0.05) is 24.7 Å². The topological polar surface area (TPSA) is 61.4 Å². The summed E-state index contributed by atoms with van der Waals surface area (Å²) in [4.78, 5) is 26.3. The number of hydrogen-bond donors (Lipinski definition) is 2. The molecule has 2 N–H and O–H groups in total. The van der Waals surface area contributed by atoms with Crippen molar-refractivity contribution in [2.45, 2.75) is 57.9 Å². The predicted molar refractivity (Wildman–Crippen MR) is 107 cm³/mol. The fourth-order valence-corrected chi connectivity index (χ4v) is 3.90. The third-order valence-electron chi connectivity index (χ3n) is 5.19. The third-order valence-corrected chi connectivity index (χ3v) is 5.19. The summed E-state index contributed by atoms with van der Waals surface area (Å²) in [6.45, 7) is 5.04. The van der Waals surface area contributed by atoms with Gasteiger partial charge in [0.2, 0.25) is 11.8 Å². The van der Waals surface area contributed by atoms with E-state index in [0.29, 0.717) is 24.8 Å². The minimum atomic E-state index is 0. The number of aryl methyl sites for hydroxylation is 1. The number of amides is 2. The van der Waals surface area contributed by atoms with Crippen LogP contribution in [0.1, 0.15) is 50.2 Å². The first kappa shape index (κ1) is 20.7. The second-order valence-electron chi connectivity index (χ2n) is 7.14. The average Bonchev–Trinajstić information content (AvgIpc) is 2.99. The molecule has 0 aliphatic carbocycles. The molecule has 0 atom stereocenters. The highest BCUT2D eigenvalue weighted by atomic mass is 35.5. The van der Waals surface area contributed by atoms with E-state index in [0.717, 1.165) is 63.0 Å². The van der Waals surface area contributed by atoms with Crippen LogP contribution >= 0.6 is 12.4 Å². The van der Waals surface area contributed by atoms with Gasteiger partial charge in [0.1, 0.15) is 0 Å². The Morgan fingerprint density at radius 2 is 2.04 bits per heavy atom. The second-order valence-corrected chi connectivity index (χ2v) is 7.14. The first-order valence-electron chi connectivity index (χ1n) is 9.59. The maximum atomic E-state index is 12.7. The van der Waals surface area contributed by atoms with Gasteiger partial charge in [-0.25, -0.2) is 0 Å². The summed E-state index contributed by atoms with van der Waals surface area (Å²) in [5, 5.41) is 6.23. The van der Waals surface area contributed by atoms with Crippen LogP contribution in [0, 0.1) is 0 Å². The molecule has 1 saturated heterocycles. The van der Waals surface area contributed by atoms with E-state index in [9.17, 15) is 9.59 Å². The highest BCUT2D eigenvalue weighted by molar-refractivity contribution is 5.99. The molecule has 144 valence electrons. The Bertz CT molecular complexity index is 629. The van der Waals surface area contributed by atoms with Gasteiger partial charge < -0.3 is 15.5 Å². The molecule has 0 aromatic heterocycles. The molecule has 3 rings (SSSR count). The molecule has 2 heterocycles. The Morgan fingerprint density at radius 1 is 1.27 bits per heavy atom. The summed E-state index contributed by atoms with van der Waals surface area (Å²) < 4.78 is 0. The van der Waals surface area contributed by atoms with Crippen LogP contribution < -0.4 is 10.6 Å². The summed E-state index contributed by atoms with van der Waals surface area (Å²) in [5.74, 6) is 0.367. The number of halogens is 1. The lowest BCUT2D eigenvalue weighted by Gasteiger charge is -2.34. The van der Waals surface area contributed by atoms with Gasteiger partial charge in [-0.3, -0.25) is 9.59 Å². The largest absolute Gasteiger partial charge is 0.340 e. The van der Waals surface area contributed by atoms with E-state index < -0.39 is 0 Å². The van der Waals surface area contributed by atoms with Crippen LogP contribution in [0.25, 0.3) is 0 Å². The van der Waals surface area contributed by atoms with Crippen LogP contribution in [0.15, 0.2) is 18.2 Å². The second kappa shape index (κ2) is 9.93. The first-order chi connectivity index (χ1) is 12.2. The SMILES string of the molecule is CCCN(C(=O)CCCc1ccc2c(c1)CC(=O)N2)C1CCNCC1.Cl. The normalized spacial score (nSPS) is 16.6. The molecule has 5 nitrogen and oxygen atoms in total. The number of carbonyl (C=O) groups excluding carboxylic acids is 2. The van der Waals surface area contributed by atoms with E-state index in [-0.39, 0.29) is 18.3 Å². The van der Waals surface area contributed by atoms with E-state index in [4.69, 9.17) is 0 Å². The Hall–Kier alpha value is -1.59. The monoisotopic (exact) mass is 379 g/mol. The number of nitrogens with zero attached hydrogens (tertiary/aromatic N) is 1. The molecule has 2 aliphatic heterocycles. The van der Waals surface area contributed by atoms with Gasteiger partial charge in [-0.05, 0) is 62.4 Å². The van der Waals surface area contributed by atoms with Crippen molar-refractivity contribution in [2.24, 2.45) is 0 Å². The Morgan fingerprint density at radius 3 is 2.77 bits per heavy atom. The van der Waals surface area contributed by atoms with Crippen molar-refractivity contribution in [1.29, 1.82) is 0 Å². The Balaban J connectivity index is 0.00000243. The molecule has 26 heavy (non-hydrogen) atoms. The standard InChI is InChI=1S/C20H29N3O2.ClH/c1-2-12-23(17-8-10-21-11-9-17)20(25)5-3-4-15-6-7-18-16(13-15)14-19(24)22-18;/h6-7,13,17,21H,2-5,8-12,14H2,1H3,(H,22,24);1H. The van der Waals surface area contributed by atoms with Crippen molar-refractivity contribution in [1.82, 2.24) is 10.2 Å². The summed E-state index contributed by atoms with van der Waals surface area (Å²) >= 11 is 0. The van der Waals surface area contributed by atoms with Gasteiger partial charge >= 0.3 is 0 Å². The highest BCUT2D eigenvalue weighted by Crippen LogP contribution is 2.24. The molecule has 1 aromatic rings. The fraction of sp³-hybridized carbons (Fsp3) is 0.600. The number of carbonyl (C=O) groups is 2. The summed E-state index contributed by atoms with van der Waals surface area (Å²) in [5.41, 5.74) is 3.23. The molecule has 2 aliphatic rings. The van der Waals surface area contributed by atoms with Crippen LogP contribution in [-0.2, 0) is 22.4 Å². The minimum absolute atomic E-state index is 0. The van der Waals surface area contributed by atoms with E-state index >= 15 is 0 Å². The third kappa shape index (κ3) is 5.21. The Kier molecular flexibility index (Phi) is 7.91. The fourth-order valence-electron chi connectivity index (χ4n) is 3.90. The number of nitrogens with one attached hydrogen (secondary N) is 2. The van der Waals surface area contributed by atoms with Gasteiger partial charge in [0.15, 0.2) is 0 Å². The number of anilines is 1. The molecule has 1 aromatic carbocycles. The molecule has 0 radical (unpaired) electrons.